The van der Waals surface area contributed by atoms with Gasteiger partial charge < -0.3 is 25.6 Å². The van der Waals surface area contributed by atoms with E-state index >= 15 is 0 Å². The lowest BCUT2D eigenvalue weighted by molar-refractivity contribution is -0.133. The van der Waals surface area contributed by atoms with Crippen LogP contribution in [0, 0.1) is 11.4 Å². The van der Waals surface area contributed by atoms with E-state index in [1.165, 1.54) is 6.08 Å². The summed E-state index contributed by atoms with van der Waals surface area (Å²) in [5.74, 6) is 0.0124. The highest BCUT2D eigenvalue weighted by Gasteiger charge is 2.59. The summed E-state index contributed by atoms with van der Waals surface area (Å²) in [4.78, 5) is 8.44. The van der Waals surface area contributed by atoms with E-state index in [-0.39, 0.29) is 0 Å². The number of aliphatic hydroxyl groups is 2. The fourth-order valence-corrected chi connectivity index (χ4v) is 2.35. The number of ether oxygens (including phenoxy) is 1. The highest BCUT2D eigenvalue weighted by atomic mass is 16.6. The van der Waals surface area contributed by atoms with Gasteiger partial charge in [-0.05, 0) is 6.08 Å². The predicted octanol–water partition coefficient (Wildman–Crippen LogP) is -0.598. The summed E-state index contributed by atoms with van der Waals surface area (Å²) >= 11 is 0. The molecular weight excluding hydrogens is 276 g/mol. The Labute approximate surface area is 121 Å². The van der Waals surface area contributed by atoms with Crippen molar-refractivity contribution in [2.45, 2.75) is 18.1 Å². The minimum Gasteiger partial charge on any atom is -0.391 e. The summed E-state index contributed by atoms with van der Waals surface area (Å²) in [7, 11) is 0. The van der Waals surface area contributed by atoms with Gasteiger partial charge in [-0.2, -0.15) is 0 Å². The second kappa shape index (κ2) is 5.58. The van der Waals surface area contributed by atoms with Crippen LogP contribution in [0.4, 0.5) is 0 Å². The molecule has 0 saturated carbocycles. The molecule has 0 aliphatic carbocycles. The van der Waals surface area contributed by atoms with Gasteiger partial charge in [-0.15, -0.1) is 6.58 Å². The summed E-state index contributed by atoms with van der Waals surface area (Å²) in [6.45, 7) is 6.79. The van der Waals surface area contributed by atoms with Crippen molar-refractivity contribution in [3.8, 4) is 0 Å². The third kappa shape index (κ3) is 2.39. The zero-order valence-corrected chi connectivity index (χ0v) is 11.3. The molecule has 0 radical (unpaired) electrons. The molecule has 0 unspecified atom stereocenters. The molecular formula is C12H17N6O3+. The normalized spacial score (nSPS) is 35.3. The minimum atomic E-state index is -1.72. The number of nitrogens with two attached hydrogens (primary N) is 1. The van der Waals surface area contributed by atoms with E-state index in [9.17, 15) is 10.2 Å². The number of hydrogen-bond donors (Lipinski definition) is 4. The fourth-order valence-electron chi connectivity index (χ4n) is 2.35. The van der Waals surface area contributed by atoms with Crippen LogP contribution in [0.2, 0.25) is 0 Å². The lowest BCUT2D eigenvalue weighted by Gasteiger charge is -2.31. The second-order valence-corrected chi connectivity index (χ2v) is 4.65. The number of aliphatic hydroxyl groups excluding tert-OH is 2. The zero-order valence-electron chi connectivity index (χ0n) is 11.3. The molecule has 0 aromatic heterocycles. The van der Waals surface area contributed by atoms with Gasteiger partial charge in [0.25, 0.3) is 5.72 Å². The van der Waals surface area contributed by atoms with Gasteiger partial charge in [0.1, 0.15) is 36.1 Å². The predicted molar refractivity (Wildman–Crippen MR) is 73.4 cm³/mol. The summed E-state index contributed by atoms with van der Waals surface area (Å²) < 4.78 is 5.65. The average Bonchev–Trinajstić information content (AvgIpc) is 2.72. The molecule has 2 rings (SSSR count). The van der Waals surface area contributed by atoms with Crippen molar-refractivity contribution in [2.75, 3.05) is 6.61 Å². The van der Waals surface area contributed by atoms with Gasteiger partial charge in [0.15, 0.2) is 5.11 Å². The summed E-state index contributed by atoms with van der Waals surface area (Å²) in [5.41, 5.74) is 10.7. The first-order chi connectivity index (χ1) is 9.99. The molecule has 2 heterocycles. The largest absolute Gasteiger partial charge is 0.391 e. The van der Waals surface area contributed by atoms with Gasteiger partial charge in [-0.3, -0.25) is 0 Å². The van der Waals surface area contributed by atoms with Crippen LogP contribution >= 0.6 is 0 Å². The van der Waals surface area contributed by atoms with Crippen molar-refractivity contribution in [1.29, 1.82) is 5.53 Å². The molecule has 1 saturated heterocycles. The molecule has 1 fully saturated rings. The number of hydrogen-bond acceptors (Lipinski definition) is 8. The standard InChI is InChI=1S/C12H17N6O3/c1-3-8-10(20)12(6-19,16-17-14)21-11(8)18-5-4-9(13)15-7(18)2/h3-5,8,10-11,14,19-20H,1-2,6H2,(H2,13,15)/q+1/t8-,10-,11+,12+/m0/s1. The van der Waals surface area contributed by atoms with Crippen LogP contribution in [0.5, 0.6) is 0 Å². The Hall–Kier alpha value is -2.32. The molecule has 0 bridgehead atoms. The second-order valence-electron chi connectivity index (χ2n) is 4.65. The average molecular weight is 293 g/mol. The van der Waals surface area contributed by atoms with Crippen molar-refractivity contribution in [3.05, 3.63) is 37.3 Å². The molecule has 112 valence electrons. The van der Waals surface area contributed by atoms with Gasteiger partial charge in [-0.25, -0.2) is 4.99 Å². The van der Waals surface area contributed by atoms with E-state index in [1.807, 2.05) is 0 Å². The number of nitrogens with zero attached hydrogens (tertiary/aromatic N) is 4. The molecule has 5 N–H and O–H groups in total. The molecule has 9 heteroatoms. The number of nitrogens with one attached hydrogen (secondary N) is 1. The highest BCUT2D eigenvalue weighted by molar-refractivity contribution is 5.92. The lowest BCUT2D eigenvalue weighted by Crippen LogP contribution is -2.43. The topological polar surface area (TPSA) is 142 Å². The summed E-state index contributed by atoms with van der Waals surface area (Å²) in [5, 5.41) is 23.3. The highest BCUT2D eigenvalue weighted by Crippen LogP contribution is 2.40. The zero-order chi connectivity index (χ0) is 15.6. The van der Waals surface area contributed by atoms with Crippen LogP contribution in [0.3, 0.4) is 0 Å². The first-order valence-electron chi connectivity index (χ1n) is 6.16. The van der Waals surface area contributed by atoms with Crippen LogP contribution in [0.15, 0.2) is 47.4 Å². The van der Waals surface area contributed by atoms with E-state index < -0.39 is 30.6 Å². The molecule has 4 atom stereocenters. The third-order valence-electron chi connectivity index (χ3n) is 3.44. The van der Waals surface area contributed by atoms with Gasteiger partial charge in [0.2, 0.25) is 4.91 Å². The van der Waals surface area contributed by atoms with Crippen molar-refractivity contribution in [2.24, 2.45) is 21.8 Å². The molecule has 2 aliphatic rings. The van der Waals surface area contributed by atoms with E-state index in [0.29, 0.717) is 11.7 Å². The van der Waals surface area contributed by atoms with Gasteiger partial charge in [0, 0.05) is 6.20 Å². The molecule has 0 amide bonds. The van der Waals surface area contributed by atoms with Crippen LogP contribution in [0.25, 0.3) is 0 Å². The Morgan fingerprint density at radius 3 is 2.95 bits per heavy atom. The third-order valence-corrected chi connectivity index (χ3v) is 3.44. The first-order valence-corrected chi connectivity index (χ1v) is 6.16. The van der Waals surface area contributed by atoms with Crippen LogP contribution < -0.4 is 10.6 Å². The lowest BCUT2D eigenvalue weighted by atomic mass is 9.96. The van der Waals surface area contributed by atoms with Crippen molar-refractivity contribution < 1.29 is 14.9 Å². The Morgan fingerprint density at radius 2 is 2.43 bits per heavy atom. The van der Waals surface area contributed by atoms with E-state index in [1.54, 1.807) is 17.2 Å². The Morgan fingerprint density at radius 1 is 1.71 bits per heavy atom. The summed E-state index contributed by atoms with van der Waals surface area (Å²) in [6.07, 6.45) is 2.66. The Balaban J connectivity index is 2.37. The first kappa shape index (κ1) is 15.1. The number of rotatable bonds is 4. The Kier molecular flexibility index (Phi) is 4.01. The maximum Gasteiger partial charge on any atom is 0.293 e. The smallest absolute Gasteiger partial charge is 0.293 e. The van der Waals surface area contributed by atoms with Gasteiger partial charge >= 0.3 is 0 Å². The molecule has 21 heavy (non-hydrogen) atoms. The molecule has 9 nitrogen and oxygen atoms in total. The molecule has 2 aliphatic heterocycles. The SMILES string of the molecule is C=C[C@@H]1[C@H](N2C=CC(N)=NC2=C)O[C@@](CO)(N=[N+]=N)[C@H]1O. The van der Waals surface area contributed by atoms with Crippen LogP contribution in [-0.4, -0.2) is 45.6 Å². The van der Waals surface area contributed by atoms with Crippen LogP contribution in [0.1, 0.15) is 0 Å². The summed E-state index contributed by atoms with van der Waals surface area (Å²) in [6, 6.07) is 0. The van der Waals surface area contributed by atoms with Crippen molar-refractivity contribution in [1.82, 2.24) is 9.81 Å². The van der Waals surface area contributed by atoms with E-state index in [4.69, 9.17) is 16.0 Å². The minimum absolute atomic E-state index is 0.296. The maximum absolute atomic E-state index is 10.3. The van der Waals surface area contributed by atoms with Crippen LogP contribution in [-0.2, 0) is 4.74 Å². The Bertz CT molecular complexity index is 567. The molecule has 0 aromatic rings. The van der Waals surface area contributed by atoms with Gasteiger partial charge in [0.05, 0.1) is 5.92 Å². The van der Waals surface area contributed by atoms with Crippen molar-refractivity contribution >= 4 is 5.84 Å². The molecule has 0 spiro atoms. The van der Waals surface area contributed by atoms with E-state index in [0.717, 1.165) is 0 Å². The van der Waals surface area contributed by atoms with Crippen molar-refractivity contribution in [3.63, 3.8) is 0 Å². The number of aliphatic imine (C=N–C) groups is 1. The number of amidine groups is 1. The fraction of sp³-hybridized carbons (Fsp3) is 0.417. The molecule has 0 aromatic carbocycles. The maximum atomic E-state index is 10.3. The van der Waals surface area contributed by atoms with Gasteiger partial charge in [-0.1, -0.05) is 12.7 Å². The monoisotopic (exact) mass is 293 g/mol. The van der Waals surface area contributed by atoms with E-state index in [2.05, 4.69) is 28.2 Å². The quantitative estimate of drug-likeness (QED) is 0.311.